The molecular weight excluding hydrogens is 178 g/mol. The molecular formula is C10H21N3O. The second kappa shape index (κ2) is 5.86. The fourth-order valence-electron chi connectivity index (χ4n) is 1.51. The van der Waals surface area contributed by atoms with Crippen molar-refractivity contribution in [1.29, 1.82) is 0 Å². The molecule has 1 aliphatic rings. The van der Waals surface area contributed by atoms with Crippen LogP contribution >= 0.6 is 0 Å². The minimum Gasteiger partial charge on any atom is -0.338 e. The van der Waals surface area contributed by atoms with Crippen LogP contribution in [0.15, 0.2) is 0 Å². The fourth-order valence-corrected chi connectivity index (χ4v) is 1.51. The predicted molar refractivity (Wildman–Crippen MR) is 57.3 cm³/mol. The SMILES string of the molecule is CC(C)CNC(=O)NC1CCCNC1. The lowest BCUT2D eigenvalue weighted by atomic mass is 10.1. The lowest BCUT2D eigenvalue weighted by molar-refractivity contribution is 0.232. The quantitative estimate of drug-likeness (QED) is 0.626. The van der Waals surface area contributed by atoms with Gasteiger partial charge >= 0.3 is 6.03 Å². The van der Waals surface area contributed by atoms with E-state index < -0.39 is 0 Å². The first-order valence-electron chi connectivity index (χ1n) is 5.43. The molecule has 0 aromatic heterocycles. The maximum Gasteiger partial charge on any atom is 0.315 e. The van der Waals surface area contributed by atoms with E-state index in [0.29, 0.717) is 12.0 Å². The molecule has 82 valence electrons. The van der Waals surface area contributed by atoms with Gasteiger partial charge in [0.2, 0.25) is 0 Å². The van der Waals surface area contributed by atoms with Crippen molar-refractivity contribution in [2.24, 2.45) is 5.92 Å². The topological polar surface area (TPSA) is 53.2 Å². The van der Waals surface area contributed by atoms with Gasteiger partial charge < -0.3 is 16.0 Å². The highest BCUT2D eigenvalue weighted by Crippen LogP contribution is 2.00. The molecule has 4 heteroatoms. The van der Waals surface area contributed by atoms with Crippen molar-refractivity contribution in [2.75, 3.05) is 19.6 Å². The predicted octanol–water partition coefficient (Wildman–Crippen LogP) is 0.694. The summed E-state index contributed by atoms with van der Waals surface area (Å²) < 4.78 is 0. The van der Waals surface area contributed by atoms with Gasteiger partial charge in [0.25, 0.3) is 0 Å². The van der Waals surface area contributed by atoms with E-state index in [1.165, 1.54) is 0 Å². The average molecular weight is 199 g/mol. The molecule has 1 aliphatic heterocycles. The Balaban J connectivity index is 2.12. The second-order valence-corrected chi connectivity index (χ2v) is 4.29. The Bertz CT molecular complexity index is 176. The molecule has 1 heterocycles. The van der Waals surface area contributed by atoms with Crippen LogP contribution in [0.1, 0.15) is 26.7 Å². The molecule has 14 heavy (non-hydrogen) atoms. The highest BCUT2D eigenvalue weighted by Gasteiger charge is 2.14. The maximum absolute atomic E-state index is 11.4. The number of hydrogen-bond acceptors (Lipinski definition) is 2. The molecule has 0 spiro atoms. The van der Waals surface area contributed by atoms with Crippen molar-refractivity contribution >= 4 is 6.03 Å². The number of rotatable bonds is 3. The summed E-state index contributed by atoms with van der Waals surface area (Å²) in [7, 11) is 0. The van der Waals surface area contributed by atoms with Gasteiger partial charge in [-0.3, -0.25) is 0 Å². The van der Waals surface area contributed by atoms with Gasteiger partial charge in [-0.25, -0.2) is 4.79 Å². The molecule has 0 aliphatic carbocycles. The van der Waals surface area contributed by atoms with E-state index in [0.717, 1.165) is 32.5 Å². The number of piperidine rings is 1. The Labute approximate surface area is 85.8 Å². The van der Waals surface area contributed by atoms with Crippen LogP contribution in [0.25, 0.3) is 0 Å². The summed E-state index contributed by atoms with van der Waals surface area (Å²) in [4.78, 5) is 11.4. The molecule has 2 amide bonds. The molecule has 0 radical (unpaired) electrons. The van der Waals surface area contributed by atoms with Crippen molar-refractivity contribution in [3.8, 4) is 0 Å². The zero-order valence-corrected chi connectivity index (χ0v) is 9.10. The van der Waals surface area contributed by atoms with E-state index in [9.17, 15) is 4.79 Å². The van der Waals surface area contributed by atoms with E-state index in [1.807, 2.05) is 0 Å². The smallest absolute Gasteiger partial charge is 0.315 e. The van der Waals surface area contributed by atoms with Gasteiger partial charge in [0.1, 0.15) is 0 Å². The normalized spacial score (nSPS) is 22.1. The third kappa shape index (κ3) is 4.46. The summed E-state index contributed by atoms with van der Waals surface area (Å²) in [6.45, 7) is 6.89. The van der Waals surface area contributed by atoms with E-state index in [4.69, 9.17) is 0 Å². The summed E-state index contributed by atoms with van der Waals surface area (Å²) in [5, 5.41) is 9.08. The highest BCUT2D eigenvalue weighted by molar-refractivity contribution is 5.74. The van der Waals surface area contributed by atoms with Gasteiger partial charge in [0.05, 0.1) is 0 Å². The van der Waals surface area contributed by atoms with Crippen LogP contribution in [0.3, 0.4) is 0 Å². The minimum absolute atomic E-state index is 0.0348. The largest absolute Gasteiger partial charge is 0.338 e. The van der Waals surface area contributed by atoms with Crippen molar-refractivity contribution in [2.45, 2.75) is 32.7 Å². The molecule has 1 rings (SSSR count). The standard InChI is InChI=1S/C10H21N3O/c1-8(2)6-12-10(14)13-9-4-3-5-11-7-9/h8-9,11H,3-7H2,1-2H3,(H2,12,13,14). The Morgan fingerprint density at radius 1 is 1.57 bits per heavy atom. The van der Waals surface area contributed by atoms with Gasteiger partial charge in [-0.15, -0.1) is 0 Å². The third-order valence-corrected chi connectivity index (χ3v) is 2.30. The molecule has 0 saturated carbocycles. The average Bonchev–Trinajstić information content (AvgIpc) is 2.16. The summed E-state index contributed by atoms with van der Waals surface area (Å²) in [6.07, 6.45) is 2.23. The molecule has 4 nitrogen and oxygen atoms in total. The van der Waals surface area contributed by atoms with Gasteiger partial charge in [-0.1, -0.05) is 13.8 Å². The Morgan fingerprint density at radius 2 is 2.36 bits per heavy atom. The Hall–Kier alpha value is -0.770. The van der Waals surface area contributed by atoms with Crippen LogP contribution in [0.5, 0.6) is 0 Å². The van der Waals surface area contributed by atoms with Crippen LogP contribution in [0.2, 0.25) is 0 Å². The lowest BCUT2D eigenvalue weighted by Crippen LogP contribution is -2.49. The Morgan fingerprint density at radius 3 is 2.93 bits per heavy atom. The number of carbonyl (C=O) groups excluding carboxylic acids is 1. The molecule has 1 unspecified atom stereocenters. The van der Waals surface area contributed by atoms with Crippen molar-refractivity contribution in [3.05, 3.63) is 0 Å². The zero-order chi connectivity index (χ0) is 10.4. The molecule has 0 bridgehead atoms. The van der Waals surface area contributed by atoms with Gasteiger partial charge in [-0.2, -0.15) is 0 Å². The summed E-state index contributed by atoms with van der Waals surface area (Å²) in [6, 6.07) is 0.267. The van der Waals surface area contributed by atoms with Crippen LogP contribution in [-0.4, -0.2) is 31.7 Å². The molecule has 1 fully saturated rings. The van der Waals surface area contributed by atoms with Crippen LogP contribution < -0.4 is 16.0 Å². The molecule has 1 atom stereocenters. The molecule has 1 saturated heterocycles. The maximum atomic E-state index is 11.4. The van der Waals surface area contributed by atoms with E-state index in [2.05, 4.69) is 29.8 Å². The summed E-state index contributed by atoms with van der Waals surface area (Å²) >= 11 is 0. The number of nitrogens with one attached hydrogen (secondary N) is 3. The molecule has 0 aromatic carbocycles. The first-order valence-corrected chi connectivity index (χ1v) is 5.43. The van der Waals surface area contributed by atoms with Crippen LogP contribution in [0.4, 0.5) is 4.79 Å². The molecule has 0 aromatic rings. The van der Waals surface area contributed by atoms with E-state index in [-0.39, 0.29) is 6.03 Å². The van der Waals surface area contributed by atoms with Crippen molar-refractivity contribution < 1.29 is 4.79 Å². The van der Waals surface area contributed by atoms with Gasteiger partial charge in [-0.05, 0) is 25.3 Å². The van der Waals surface area contributed by atoms with Crippen molar-refractivity contribution in [3.63, 3.8) is 0 Å². The monoisotopic (exact) mass is 199 g/mol. The number of amides is 2. The van der Waals surface area contributed by atoms with Crippen molar-refractivity contribution in [1.82, 2.24) is 16.0 Å². The van der Waals surface area contributed by atoms with E-state index in [1.54, 1.807) is 0 Å². The zero-order valence-electron chi connectivity index (χ0n) is 9.10. The fraction of sp³-hybridized carbons (Fsp3) is 0.900. The lowest BCUT2D eigenvalue weighted by Gasteiger charge is -2.24. The summed E-state index contributed by atoms with van der Waals surface area (Å²) in [5.74, 6) is 0.505. The number of carbonyl (C=O) groups is 1. The number of urea groups is 1. The highest BCUT2D eigenvalue weighted by atomic mass is 16.2. The first kappa shape index (κ1) is 11.3. The first-order chi connectivity index (χ1) is 6.68. The second-order valence-electron chi connectivity index (χ2n) is 4.29. The van der Waals surface area contributed by atoms with E-state index >= 15 is 0 Å². The summed E-state index contributed by atoms with van der Waals surface area (Å²) in [5.41, 5.74) is 0. The number of hydrogen-bond donors (Lipinski definition) is 3. The minimum atomic E-state index is -0.0348. The molecule has 3 N–H and O–H groups in total. The van der Waals surface area contributed by atoms with Gasteiger partial charge in [0, 0.05) is 19.1 Å². The third-order valence-electron chi connectivity index (χ3n) is 2.30. The van der Waals surface area contributed by atoms with Crippen LogP contribution in [0, 0.1) is 5.92 Å². The van der Waals surface area contributed by atoms with Gasteiger partial charge in [0.15, 0.2) is 0 Å². The Kier molecular flexibility index (Phi) is 4.73. The van der Waals surface area contributed by atoms with Crippen LogP contribution in [-0.2, 0) is 0 Å².